The van der Waals surface area contributed by atoms with Crippen molar-refractivity contribution in [3.63, 3.8) is 0 Å². The molecule has 0 spiro atoms. The van der Waals surface area contributed by atoms with Crippen LogP contribution in [0, 0.1) is 6.92 Å². The van der Waals surface area contributed by atoms with Gasteiger partial charge in [-0.25, -0.2) is 0 Å². The summed E-state index contributed by atoms with van der Waals surface area (Å²) in [6, 6.07) is 16.3. The fourth-order valence-electron chi connectivity index (χ4n) is 3.41. The van der Waals surface area contributed by atoms with E-state index in [0.29, 0.717) is 17.5 Å². The fourth-order valence-corrected chi connectivity index (χ4v) is 4.19. The van der Waals surface area contributed by atoms with Gasteiger partial charge in [0.05, 0.1) is 11.4 Å². The lowest BCUT2D eigenvalue weighted by molar-refractivity contribution is -0.118. The number of para-hydroxylation sites is 2. The molecule has 2 N–H and O–H groups in total. The topological polar surface area (TPSA) is 75.6 Å². The molecule has 0 bridgehead atoms. The number of hydrogen-bond acceptors (Lipinski definition) is 4. The Bertz CT molecular complexity index is 1160. The van der Waals surface area contributed by atoms with Crippen LogP contribution < -0.4 is 5.32 Å². The number of carbonyl (C=O) groups excluding carboxylic acids is 1. The molecule has 4 rings (SSSR count). The summed E-state index contributed by atoms with van der Waals surface area (Å²) in [5.41, 5.74) is 4.17. The molecule has 7 heteroatoms. The summed E-state index contributed by atoms with van der Waals surface area (Å²) in [5.74, 6) is 1.08. The van der Waals surface area contributed by atoms with Crippen LogP contribution in [-0.4, -0.2) is 38.0 Å². The van der Waals surface area contributed by atoms with E-state index in [2.05, 4.69) is 57.1 Å². The first-order chi connectivity index (χ1) is 14.7. The highest BCUT2D eigenvalue weighted by Crippen LogP contribution is 2.33. The first kappa shape index (κ1) is 20.2. The zero-order chi connectivity index (χ0) is 20.9. The van der Waals surface area contributed by atoms with Crippen molar-refractivity contribution in [3.8, 4) is 17.1 Å². The van der Waals surface area contributed by atoms with Gasteiger partial charge in [0.15, 0.2) is 11.0 Å². The van der Waals surface area contributed by atoms with E-state index in [1.807, 2.05) is 36.5 Å². The molecule has 1 amide bonds. The summed E-state index contributed by atoms with van der Waals surface area (Å²) < 4.78 is 2.05. The summed E-state index contributed by atoms with van der Waals surface area (Å²) in [6.07, 6.45) is 4.01. The van der Waals surface area contributed by atoms with Gasteiger partial charge in [-0.05, 0) is 31.0 Å². The van der Waals surface area contributed by atoms with Gasteiger partial charge in [0, 0.05) is 29.2 Å². The van der Waals surface area contributed by atoms with Gasteiger partial charge in [0.2, 0.25) is 5.91 Å². The fraction of sp³-hybridized carbons (Fsp3) is 0.261. The molecule has 2 aromatic heterocycles. The van der Waals surface area contributed by atoms with Crippen LogP contribution in [0.4, 0.5) is 0 Å². The number of amides is 1. The largest absolute Gasteiger partial charge is 0.360 e. The highest BCUT2D eigenvalue weighted by Gasteiger charge is 2.20. The second-order valence-corrected chi connectivity index (χ2v) is 8.11. The molecule has 2 heterocycles. The Morgan fingerprint density at radius 1 is 1.13 bits per heavy atom. The Morgan fingerprint density at radius 3 is 2.77 bits per heavy atom. The van der Waals surface area contributed by atoms with E-state index >= 15 is 0 Å². The summed E-state index contributed by atoms with van der Waals surface area (Å²) in [7, 11) is 0. The highest BCUT2D eigenvalue weighted by molar-refractivity contribution is 7.99. The van der Waals surface area contributed by atoms with Gasteiger partial charge in [-0.2, -0.15) is 0 Å². The lowest BCUT2D eigenvalue weighted by Crippen LogP contribution is -2.26. The van der Waals surface area contributed by atoms with Crippen molar-refractivity contribution >= 4 is 28.6 Å². The molecular weight excluding hydrogens is 394 g/mol. The lowest BCUT2D eigenvalue weighted by atomic mass is 10.1. The summed E-state index contributed by atoms with van der Waals surface area (Å²) in [4.78, 5) is 15.5. The minimum Gasteiger partial charge on any atom is -0.360 e. The summed E-state index contributed by atoms with van der Waals surface area (Å²) in [5, 5.41) is 13.7. The average molecular weight is 420 g/mol. The second-order valence-electron chi connectivity index (χ2n) is 7.17. The number of aryl methyl sites for hydroxylation is 1. The van der Waals surface area contributed by atoms with Crippen LogP contribution >= 0.6 is 11.8 Å². The third-order valence-corrected chi connectivity index (χ3v) is 5.93. The van der Waals surface area contributed by atoms with Gasteiger partial charge < -0.3 is 10.3 Å². The minimum atomic E-state index is 0.0152. The Labute approximate surface area is 180 Å². The minimum absolute atomic E-state index is 0.0152. The molecule has 0 aliphatic carbocycles. The van der Waals surface area contributed by atoms with Crippen molar-refractivity contribution in [1.82, 2.24) is 25.1 Å². The van der Waals surface area contributed by atoms with E-state index in [-0.39, 0.29) is 5.91 Å². The number of thioether (sulfide) groups is 1. The number of aromatic amines is 1. The number of fused-ring (bicyclic) bond motifs is 1. The van der Waals surface area contributed by atoms with Gasteiger partial charge in [0.1, 0.15) is 0 Å². The third kappa shape index (κ3) is 4.11. The number of carbonyl (C=O) groups is 1. The van der Waals surface area contributed by atoms with Gasteiger partial charge in [-0.3, -0.25) is 9.36 Å². The number of H-pyrrole nitrogens is 1. The Morgan fingerprint density at radius 2 is 1.93 bits per heavy atom. The van der Waals surface area contributed by atoms with E-state index in [1.54, 1.807) is 0 Å². The first-order valence-corrected chi connectivity index (χ1v) is 11.1. The molecule has 0 fully saturated rings. The van der Waals surface area contributed by atoms with Crippen LogP contribution in [0.5, 0.6) is 0 Å². The summed E-state index contributed by atoms with van der Waals surface area (Å²) >= 11 is 1.41. The van der Waals surface area contributed by atoms with Crippen LogP contribution in [0.25, 0.3) is 28.0 Å². The van der Waals surface area contributed by atoms with E-state index in [4.69, 9.17) is 0 Å². The quantitative estimate of drug-likeness (QED) is 0.320. The van der Waals surface area contributed by atoms with Gasteiger partial charge in [0.25, 0.3) is 0 Å². The number of aromatic nitrogens is 4. The Hall–Kier alpha value is -3.06. The van der Waals surface area contributed by atoms with E-state index in [9.17, 15) is 4.79 Å². The predicted molar refractivity (Wildman–Crippen MR) is 122 cm³/mol. The molecule has 154 valence electrons. The van der Waals surface area contributed by atoms with Crippen LogP contribution in [0.1, 0.15) is 25.3 Å². The molecule has 4 aromatic rings. The van der Waals surface area contributed by atoms with Crippen molar-refractivity contribution in [3.05, 3.63) is 60.3 Å². The second kappa shape index (κ2) is 9.17. The third-order valence-electron chi connectivity index (χ3n) is 5.00. The van der Waals surface area contributed by atoms with Crippen molar-refractivity contribution < 1.29 is 4.79 Å². The van der Waals surface area contributed by atoms with Crippen molar-refractivity contribution in [2.24, 2.45) is 0 Å². The zero-order valence-corrected chi connectivity index (χ0v) is 18.0. The number of hydrogen-bond donors (Lipinski definition) is 2. The molecule has 0 saturated carbocycles. The normalized spacial score (nSPS) is 11.1. The molecule has 0 aliphatic heterocycles. The molecule has 2 aromatic carbocycles. The molecule has 0 atom stereocenters. The lowest BCUT2D eigenvalue weighted by Gasteiger charge is -2.12. The maximum Gasteiger partial charge on any atom is 0.230 e. The van der Waals surface area contributed by atoms with Crippen LogP contribution in [-0.2, 0) is 4.79 Å². The number of benzene rings is 2. The number of rotatable bonds is 8. The van der Waals surface area contributed by atoms with E-state index < -0.39 is 0 Å². The highest BCUT2D eigenvalue weighted by atomic mass is 32.2. The predicted octanol–water partition coefficient (Wildman–Crippen LogP) is 4.73. The van der Waals surface area contributed by atoms with Crippen LogP contribution in [0.2, 0.25) is 0 Å². The van der Waals surface area contributed by atoms with Crippen molar-refractivity contribution in [1.29, 1.82) is 0 Å². The molecular formula is C23H25N5OS. The molecule has 0 unspecified atom stereocenters. The molecule has 30 heavy (non-hydrogen) atoms. The molecule has 0 radical (unpaired) electrons. The van der Waals surface area contributed by atoms with Crippen molar-refractivity contribution in [2.45, 2.75) is 31.8 Å². The van der Waals surface area contributed by atoms with Gasteiger partial charge >= 0.3 is 0 Å². The molecule has 0 aliphatic rings. The Balaban J connectivity index is 1.71. The van der Waals surface area contributed by atoms with Crippen LogP contribution in [0.15, 0.2) is 59.9 Å². The molecule has 6 nitrogen and oxygen atoms in total. The smallest absolute Gasteiger partial charge is 0.230 e. The number of unbranched alkanes of at least 4 members (excludes halogenated alkanes) is 1. The average Bonchev–Trinajstić information content (AvgIpc) is 3.36. The monoisotopic (exact) mass is 419 g/mol. The maximum absolute atomic E-state index is 12.2. The van der Waals surface area contributed by atoms with E-state index in [1.165, 1.54) is 11.8 Å². The van der Waals surface area contributed by atoms with Gasteiger partial charge in [-0.1, -0.05) is 61.5 Å². The van der Waals surface area contributed by atoms with E-state index in [0.717, 1.165) is 46.4 Å². The summed E-state index contributed by atoms with van der Waals surface area (Å²) in [6.45, 7) is 4.89. The number of nitrogens with zero attached hydrogens (tertiary/aromatic N) is 3. The SMILES string of the molecule is CCCCNC(=O)CSc1nnc(-c2c[nH]c3ccccc23)n1-c1ccccc1C. The van der Waals surface area contributed by atoms with Gasteiger partial charge in [-0.15, -0.1) is 10.2 Å². The molecule has 0 saturated heterocycles. The first-order valence-electron chi connectivity index (χ1n) is 10.2. The maximum atomic E-state index is 12.2. The zero-order valence-electron chi connectivity index (χ0n) is 17.2. The Kier molecular flexibility index (Phi) is 6.18. The van der Waals surface area contributed by atoms with Crippen LogP contribution in [0.3, 0.4) is 0 Å². The standard InChI is InChI=1S/C23H25N5OS/c1-3-4-13-24-21(29)15-30-23-27-26-22(28(23)20-12-8-5-9-16(20)2)18-14-25-19-11-7-6-10-17(18)19/h5-12,14,25H,3-4,13,15H2,1-2H3,(H,24,29). The number of nitrogens with one attached hydrogen (secondary N) is 2. The van der Waals surface area contributed by atoms with Crippen molar-refractivity contribution in [2.75, 3.05) is 12.3 Å².